The maximum Gasteiger partial charge on any atom is 0.433 e. The maximum absolute atomic E-state index is 12.7. The van der Waals surface area contributed by atoms with Gasteiger partial charge in [0.25, 0.3) is 0 Å². The minimum Gasteiger partial charge on any atom is -0.399 e. The second kappa shape index (κ2) is 4.95. The Balaban J connectivity index is 1.83. The van der Waals surface area contributed by atoms with Crippen molar-refractivity contribution >= 4 is 11.5 Å². The largest absolute Gasteiger partial charge is 0.433 e. The average Bonchev–Trinajstić information content (AvgIpc) is 2.80. The lowest BCUT2D eigenvalue weighted by Gasteiger charge is -2.16. The van der Waals surface area contributed by atoms with E-state index in [0.717, 1.165) is 30.0 Å². The smallest absolute Gasteiger partial charge is 0.399 e. The number of aromatic nitrogens is 1. The highest BCUT2D eigenvalue weighted by Gasteiger charge is 2.32. The second-order valence-electron chi connectivity index (χ2n) is 5.10. The number of hydrogen-bond donors (Lipinski definition) is 2. The number of halogens is 3. The summed E-state index contributed by atoms with van der Waals surface area (Å²) >= 11 is 0. The summed E-state index contributed by atoms with van der Waals surface area (Å²) in [7, 11) is 0. The van der Waals surface area contributed by atoms with Crippen LogP contribution in [0.15, 0.2) is 36.4 Å². The number of rotatable bonds is 2. The van der Waals surface area contributed by atoms with Crippen LogP contribution in [0.25, 0.3) is 0 Å². The van der Waals surface area contributed by atoms with Crippen LogP contribution in [-0.4, -0.2) is 4.98 Å². The number of nitrogen functional groups attached to an aromatic ring is 1. The Kier molecular flexibility index (Phi) is 3.23. The zero-order valence-corrected chi connectivity index (χ0v) is 11.1. The molecule has 1 aromatic heterocycles. The van der Waals surface area contributed by atoms with E-state index >= 15 is 0 Å². The number of nitrogens with zero attached hydrogens (tertiary/aromatic N) is 1. The van der Waals surface area contributed by atoms with Gasteiger partial charge in [0.2, 0.25) is 0 Å². The maximum atomic E-state index is 12.7. The molecule has 0 spiro atoms. The van der Waals surface area contributed by atoms with Gasteiger partial charge in [-0.25, -0.2) is 4.98 Å². The van der Waals surface area contributed by atoms with Gasteiger partial charge in [-0.2, -0.15) is 13.2 Å². The van der Waals surface area contributed by atoms with E-state index in [4.69, 9.17) is 5.73 Å². The molecule has 0 fully saturated rings. The standard InChI is InChI=1S/C15H14F3N3/c16-15(17,18)13-2-1-3-14(21-13)20-12-7-4-9-8-10(19)5-6-11(9)12/h1-3,5-6,8,12H,4,7,19H2,(H,20,21). The summed E-state index contributed by atoms with van der Waals surface area (Å²) in [5, 5.41) is 3.08. The summed E-state index contributed by atoms with van der Waals surface area (Å²) in [5.74, 6) is 0.236. The van der Waals surface area contributed by atoms with Crippen molar-refractivity contribution in [1.29, 1.82) is 0 Å². The molecule has 1 aromatic carbocycles. The molecule has 2 aromatic rings. The van der Waals surface area contributed by atoms with Gasteiger partial charge in [-0.15, -0.1) is 0 Å². The molecule has 0 saturated carbocycles. The van der Waals surface area contributed by atoms with Crippen molar-refractivity contribution in [2.24, 2.45) is 0 Å². The normalized spacial score (nSPS) is 17.6. The van der Waals surface area contributed by atoms with Crippen molar-refractivity contribution in [3.8, 4) is 0 Å². The zero-order valence-electron chi connectivity index (χ0n) is 11.1. The number of nitrogens with one attached hydrogen (secondary N) is 1. The second-order valence-corrected chi connectivity index (χ2v) is 5.10. The first-order valence-electron chi connectivity index (χ1n) is 6.62. The van der Waals surface area contributed by atoms with Crippen molar-refractivity contribution < 1.29 is 13.2 Å². The SMILES string of the molecule is Nc1ccc2c(c1)CCC2Nc1cccc(C(F)(F)F)n1. The van der Waals surface area contributed by atoms with E-state index in [1.165, 1.54) is 6.07 Å². The van der Waals surface area contributed by atoms with Crippen LogP contribution in [0.3, 0.4) is 0 Å². The average molecular weight is 293 g/mol. The highest BCUT2D eigenvalue weighted by molar-refractivity contribution is 5.50. The first-order valence-corrected chi connectivity index (χ1v) is 6.62. The molecule has 1 aliphatic carbocycles. The van der Waals surface area contributed by atoms with Crippen molar-refractivity contribution in [2.45, 2.75) is 25.1 Å². The highest BCUT2D eigenvalue weighted by Crippen LogP contribution is 2.35. The quantitative estimate of drug-likeness (QED) is 0.828. The van der Waals surface area contributed by atoms with E-state index in [2.05, 4.69) is 10.3 Å². The molecule has 0 saturated heterocycles. The van der Waals surface area contributed by atoms with Gasteiger partial charge >= 0.3 is 6.18 Å². The van der Waals surface area contributed by atoms with E-state index < -0.39 is 11.9 Å². The van der Waals surface area contributed by atoms with Gasteiger partial charge in [0.05, 0.1) is 6.04 Å². The Morgan fingerprint density at radius 1 is 1.19 bits per heavy atom. The fraction of sp³-hybridized carbons (Fsp3) is 0.267. The minimum absolute atomic E-state index is 0.0309. The van der Waals surface area contributed by atoms with Crippen molar-refractivity contribution in [2.75, 3.05) is 11.1 Å². The summed E-state index contributed by atoms with van der Waals surface area (Å²) in [6.45, 7) is 0. The number of aryl methyl sites for hydroxylation is 1. The Bertz CT molecular complexity index is 667. The first kappa shape index (κ1) is 13.7. The number of fused-ring (bicyclic) bond motifs is 1. The van der Waals surface area contributed by atoms with E-state index in [0.29, 0.717) is 5.69 Å². The number of benzene rings is 1. The molecule has 110 valence electrons. The van der Waals surface area contributed by atoms with Gasteiger partial charge in [0.1, 0.15) is 11.5 Å². The molecular formula is C15H14F3N3. The topological polar surface area (TPSA) is 50.9 Å². The Hall–Kier alpha value is -2.24. The summed E-state index contributed by atoms with van der Waals surface area (Å²) < 4.78 is 38.0. The van der Waals surface area contributed by atoms with E-state index in [1.54, 1.807) is 12.1 Å². The summed E-state index contributed by atoms with van der Waals surface area (Å²) in [5.41, 5.74) is 7.76. The number of nitrogens with two attached hydrogens (primary N) is 1. The van der Waals surface area contributed by atoms with Crippen LogP contribution in [0.1, 0.15) is 29.3 Å². The lowest BCUT2D eigenvalue weighted by Crippen LogP contribution is -2.12. The fourth-order valence-electron chi connectivity index (χ4n) is 2.64. The van der Waals surface area contributed by atoms with Crippen LogP contribution < -0.4 is 11.1 Å². The fourth-order valence-corrected chi connectivity index (χ4v) is 2.64. The molecule has 21 heavy (non-hydrogen) atoms. The van der Waals surface area contributed by atoms with E-state index in [-0.39, 0.29) is 11.9 Å². The van der Waals surface area contributed by atoms with Crippen molar-refractivity contribution in [1.82, 2.24) is 4.98 Å². The number of hydrogen-bond acceptors (Lipinski definition) is 3. The van der Waals surface area contributed by atoms with Crippen LogP contribution >= 0.6 is 0 Å². The molecule has 1 heterocycles. The number of pyridine rings is 1. The first-order chi connectivity index (χ1) is 9.93. The molecule has 0 amide bonds. The van der Waals surface area contributed by atoms with Gasteiger partial charge in [-0.3, -0.25) is 0 Å². The van der Waals surface area contributed by atoms with Gasteiger partial charge in [0, 0.05) is 5.69 Å². The van der Waals surface area contributed by atoms with Gasteiger partial charge in [-0.1, -0.05) is 12.1 Å². The Morgan fingerprint density at radius 2 is 2.00 bits per heavy atom. The predicted octanol–water partition coefficient (Wildman–Crippen LogP) is 3.78. The molecule has 1 unspecified atom stereocenters. The molecular weight excluding hydrogens is 279 g/mol. The molecule has 1 aliphatic rings. The third-order valence-corrected chi connectivity index (χ3v) is 3.61. The van der Waals surface area contributed by atoms with E-state index in [1.807, 2.05) is 12.1 Å². The van der Waals surface area contributed by atoms with Gasteiger partial charge in [-0.05, 0) is 48.2 Å². The van der Waals surface area contributed by atoms with Crippen LogP contribution in [0.5, 0.6) is 0 Å². The summed E-state index contributed by atoms with van der Waals surface area (Å²) in [6, 6.07) is 9.48. The molecule has 0 radical (unpaired) electrons. The lowest BCUT2D eigenvalue weighted by atomic mass is 10.1. The summed E-state index contributed by atoms with van der Waals surface area (Å²) in [6.07, 6.45) is -2.76. The molecule has 3 N–H and O–H groups in total. The van der Waals surface area contributed by atoms with Gasteiger partial charge < -0.3 is 11.1 Å². The highest BCUT2D eigenvalue weighted by atomic mass is 19.4. The predicted molar refractivity (Wildman–Crippen MR) is 74.8 cm³/mol. The van der Waals surface area contributed by atoms with Crippen LogP contribution in [0, 0.1) is 0 Å². The Labute approximate surface area is 120 Å². The van der Waals surface area contributed by atoms with Crippen molar-refractivity contribution in [3.63, 3.8) is 0 Å². The molecule has 3 nitrogen and oxygen atoms in total. The molecule has 0 bridgehead atoms. The molecule has 6 heteroatoms. The number of alkyl halides is 3. The number of anilines is 2. The van der Waals surface area contributed by atoms with Crippen LogP contribution in [-0.2, 0) is 12.6 Å². The third kappa shape index (κ3) is 2.79. The minimum atomic E-state index is -4.43. The summed E-state index contributed by atoms with van der Waals surface area (Å²) in [4.78, 5) is 3.64. The Morgan fingerprint density at radius 3 is 2.76 bits per heavy atom. The third-order valence-electron chi connectivity index (χ3n) is 3.61. The van der Waals surface area contributed by atoms with Crippen LogP contribution in [0.4, 0.5) is 24.7 Å². The lowest BCUT2D eigenvalue weighted by molar-refractivity contribution is -0.141. The van der Waals surface area contributed by atoms with Crippen molar-refractivity contribution in [3.05, 3.63) is 53.2 Å². The molecule has 3 rings (SSSR count). The van der Waals surface area contributed by atoms with Crippen LogP contribution in [0.2, 0.25) is 0 Å². The van der Waals surface area contributed by atoms with E-state index in [9.17, 15) is 13.2 Å². The zero-order chi connectivity index (χ0) is 15.0. The molecule has 1 atom stereocenters. The monoisotopic (exact) mass is 293 g/mol. The molecule has 0 aliphatic heterocycles. The van der Waals surface area contributed by atoms with Gasteiger partial charge in [0.15, 0.2) is 0 Å².